The maximum absolute atomic E-state index is 12.1. The Hall–Kier alpha value is -0.210. The lowest BCUT2D eigenvalue weighted by molar-refractivity contribution is -0.0444. The summed E-state index contributed by atoms with van der Waals surface area (Å²) in [5.74, 6) is 0. The van der Waals surface area contributed by atoms with Crippen molar-refractivity contribution in [3.05, 3.63) is 0 Å². The molecule has 106 valence electrons. The standard InChI is InChI=1S/C11H22N2O4S/c1-9-7-13(8-10(2)17-9)18(14,15)12-6-11-4-3-5-16-11/h9-12H,3-8H2,1-2H3/t9-,10-,11+/m1/s1. The van der Waals surface area contributed by atoms with Crippen LogP contribution in [0.3, 0.4) is 0 Å². The molecule has 0 amide bonds. The van der Waals surface area contributed by atoms with Gasteiger partial charge in [0.15, 0.2) is 0 Å². The molecule has 6 nitrogen and oxygen atoms in total. The molecule has 7 heteroatoms. The van der Waals surface area contributed by atoms with E-state index in [1.54, 1.807) is 0 Å². The second kappa shape index (κ2) is 5.83. The van der Waals surface area contributed by atoms with E-state index in [1.165, 1.54) is 4.31 Å². The maximum Gasteiger partial charge on any atom is 0.279 e. The molecule has 0 unspecified atom stereocenters. The Bertz CT molecular complexity index is 357. The molecule has 2 aliphatic heterocycles. The van der Waals surface area contributed by atoms with Gasteiger partial charge in [-0.05, 0) is 26.7 Å². The van der Waals surface area contributed by atoms with Crippen molar-refractivity contribution in [2.24, 2.45) is 0 Å². The van der Waals surface area contributed by atoms with Gasteiger partial charge in [0.1, 0.15) is 0 Å². The van der Waals surface area contributed by atoms with E-state index in [0.717, 1.165) is 19.4 Å². The summed E-state index contributed by atoms with van der Waals surface area (Å²) in [6.45, 7) is 5.69. The van der Waals surface area contributed by atoms with E-state index >= 15 is 0 Å². The smallest absolute Gasteiger partial charge is 0.279 e. The summed E-state index contributed by atoms with van der Waals surface area (Å²) < 4.78 is 39.3. The fourth-order valence-corrected chi connectivity index (χ4v) is 3.81. The minimum absolute atomic E-state index is 0.0238. The topological polar surface area (TPSA) is 67.9 Å². The normalized spacial score (nSPS) is 34.9. The Morgan fingerprint density at radius 2 is 1.94 bits per heavy atom. The van der Waals surface area contributed by atoms with Crippen LogP contribution >= 0.6 is 0 Å². The van der Waals surface area contributed by atoms with Gasteiger partial charge < -0.3 is 9.47 Å². The first-order valence-corrected chi connectivity index (χ1v) is 7.93. The highest BCUT2D eigenvalue weighted by molar-refractivity contribution is 7.87. The van der Waals surface area contributed by atoms with E-state index in [9.17, 15) is 8.42 Å². The minimum atomic E-state index is -3.41. The first kappa shape index (κ1) is 14.2. The molecule has 2 rings (SSSR count). The first-order chi connectivity index (χ1) is 8.47. The van der Waals surface area contributed by atoms with Crippen molar-refractivity contribution in [3.63, 3.8) is 0 Å². The van der Waals surface area contributed by atoms with Gasteiger partial charge in [0.25, 0.3) is 10.2 Å². The second-order valence-electron chi connectivity index (χ2n) is 5.06. The summed E-state index contributed by atoms with van der Waals surface area (Å²) >= 11 is 0. The summed E-state index contributed by atoms with van der Waals surface area (Å²) in [4.78, 5) is 0. The van der Waals surface area contributed by atoms with Crippen molar-refractivity contribution in [3.8, 4) is 0 Å². The number of nitrogens with one attached hydrogen (secondary N) is 1. The van der Waals surface area contributed by atoms with Gasteiger partial charge in [-0.1, -0.05) is 0 Å². The molecule has 2 aliphatic rings. The lowest BCUT2D eigenvalue weighted by Gasteiger charge is -2.34. The van der Waals surface area contributed by atoms with Crippen molar-refractivity contribution in [1.29, 1.82) is 0 Å². The quantitative estimate of drug-likeness (QED) is 0.792. The van der Waals surface area contributed by atoms with Gasteiger partial charge in [-0.25, -0.2) is 0 Å². The number of ether oxygens (including phenoxy) is 2. The molecule has 0 radical (unpaired) electrons. The van der Waals surface area contributed by atoms with Crippen LogP contribution in [0.4, 0.5) is 0 Å². The number of hydrogen-bond acceptors (Lipinski definition) is 4. The van der Waals surface area contributed by atoms with Gasteiger partial charge in [-0.15, -0.1) is 0 Å². The van der Waals surface area contributed by atoms with Crippen molar-refractivity contribution in [1.82, 2.24) is 9.03 Å². The van der Waals surface area contributed by atoms with Crippen LogP contribution in [0.2, 0.25) is 0 Å². The fraction of sp³-hybridized carbons (Fsp3) is 1.00. The lowest BCUT2D eigenvalue weighted by Crippen LogP contribution is -2.52. The molecule has 0 aromatic heterocycles. The zero-order valence-electron chi connectivity index (χ0n) is 11.0. The summed E-state index contributed by atoms with van der Waals surface area (Å²) in [6, 6.07) is 0. The van der Waals surface area contributed by atoms with E-state index in [4.69, 9.17) is 9.47 Å². The van der Waals surface area contributed by atoms with Gasteiger partial charge >= 0.3 is 0 Å². The Labute approximate surface area is 109 Å². The molecule has 3 atom stereocenters. The second-order valence-corrected chi connectivity index (χ2v) is 6.82. The Morgan fingerprint density at radius 3 is 2.50 bits per heavy atom. The third-order valence-electron chi connectivity index (χ3n) is 3.24. The number of rotatable bonds is 4. The van der Waals surface area contributed by atoms with Crippen LogP contribution in [0.1, 0.15) is 26.7 Å². The highest BCUT2D eigenvalue weighted by atomic mass is 32.2. The molecule has 0 saturated carbocycles. The highest BCUT2D eigenvalue weighted by Gasteiger charge is 2.31. The maximum atomic E-state index is 12.1. The van der Waals surface area contributed by atoms with E-state index < -0.39 is 10.2 Å². The summed E-state index contributed by atoms with van der Waals surface area (Å²) in [6.07, 6.45) is 1.84. The zero-order valence-corrected chi connectivity index (χ0v) is 11.8. The first-order valence-electron chi connectivity index (χ1n) is 6.49. The predicted octanol–water partition coefficient (Wildman–Crippen LogP) is 0.109. The van der Waals surface area contributed by atoms with Crippen molar-refractivity contribution in [2.75, 3.05) is 26.2 Å². The van der Waals surface area contributed by atoms with E-state index in [0.29, 0.717) is 19.6 Å². The van der Waals surface area contributed by atoms with Crippen LogP contribution in [0.5, 0.6) is 0 Å². The van der Waals surface area contributed by atoms with Gasteiger partial charge in [0.2, 0.25) is 0 Å². The van der Waals surface area contributed by atoms with E-state index in [-0.39, 0.29) is 18.3 Å². The SMILES string of the molecule is C[C@@H]1CN(S(=O)(=O)NC[C@@H]2CCCO2)C[C@@H](C)O1. The Balaban J connectivity index is 1.88. The largest absolute Gasteiger partial charge is 0.377 e. The average molecular weight is 278 g/mol. The Morgan fingerprint density at radius 1 is 1.28 bits per heavy atom. The van der Waals surface area contributed by atoms with Crippen LogP contribution in [-0.2, 0) is 19.7 Å². The van der Waals surface area contributed by atoms with Crippen LogP contribution in [0.25, 0.3) is 0 Å². The summed E-state index contributed by atoms with van der Waals surface area (Å²) in [7, 11) is -3.41. The van der Waals surface area contributed by atoms with E-state index in [1.807, 2.05) is 13.8 Å². The van der Waals surface area contributed by atoms with Crippen molar-refractivity contribution >= 4 is 10.2 Å². The van der Waals surface area contributed by atoms with Gasteiger partial charge in [-0.3, -0.25) is 0 Å². The van der Waals surface area contributed by atoms with Gasteiger partial charge in [-0.2, -0.15) is 17.4 Å². The van der Waals surface area contributed by atoms with Crippen molar-refractivity contribution in [2.45, 2.75) is 45.0 Å². The number of nitrogens with zero attached hydrogens (tertiary/aromatic N) is 1. The van der Waals surface area contributed by atoms with Crippen LogP contribution in [0, 0.1) is 0 Å². The molecule has 0 spiro atoms. The third-order valence-corrected chi connectivity index (χ3v) is 4.75. The van der Waals surface area contributed by atoms with Crippen LogP contribution < -0.4 is 4.72 Å². The molecular formula is C11H22N2O4S. The van der Waals surface area contributed by atoms with Gasteiger partial charge in [0, 0.05) is 26.2 Å². The monoisotopic (exact) mass is 278 g/mol. The molecule has 2 saturated heterocycles. The fourth-order valence-electron chi connectivity index (χ4n) is 2.42. The zero-order chi connectivity index (χ0) is 13.2. The van der Waals surface area contributed by atoms with Gasteiger partial charge in [0.05, 0.1) is 18.3 Å². The molecule has 18 heavy (non-hydrogen) atoms. The van der Waals surface area contributed by atoms with E-state index in [2.05, 4.69) is 4.72 Å². The summed E-state index contributed by atoms with van der Waals surface area (Å²) in [5, 5.41) is 0. The molecule has 0 bridgehead atoms. The molecule has 2 fully saturated rings. The minimum Gasteiger partial charge on any atom is -0.377 e. The molecule has 0 aliphatic carbocycles. The molecule has 2 heterocycles. The number of hydrogen-bond donors (Lipinski definition) is 1. The Kier molecular flexibility index (Phi) is 4.60. The predicted molar refractivity (Wildman–Crippen MR) is 67.5 cm³/mol. The lowest BCUT2D eigenvalue weighted by atomic mass is 10.2. The summed E-state index contributed by atoms with van der Waals surface area (Å²) in [5.41, 5.74) is 0. The molecule has 1 N–H and O–H groups in total. The highest BCUT2D eigenvalue weighted by Crippen LogP contribution is 2.15. The third kappa shape index (κ3) is 3.64. The van der Waals surface area contributed by atoms with Crippen LogP contribution in [-0.4, -0.2) is 57.3 Å². The van der Waals surface area contributed by atoms with Crippen molar-refractivity contribution < 1.29 is 17.9 Å². The average Bonchev–Trinajstić information content (AvgIpc) is 2.78. The number of morpholine rings is 1. The molecule has 0 aromatic carbocycles. The molecule has 0 aromatic rings. The molecular weight excluding hydrogens is 256 g/mol. The van der Waals surface area contributed by atoms with Crippen LogP contribution in [0.15, 0.2) is 0 Å².